The number of methoxy groups -OCH3 is 1. The summed E-state index contributed by atoms with van der Waals surface area (Å²) in [5, 5.41) is 3.27. The Labute approximate surface area is 95.8 Å². The average Bonchev–Trinajstić information content (AvgIpc) is 2.69. The standard InChI is InChI=1S/C9H18N2O4S/c1-15-9(12)7-16(13,14)11-6-4-8-3-2-5-10-8/h8,10-11H,2-7H2,1H3. The van der Waals surface area contributed by atoms with E-state index in [1.54, 1.807) is 0 Å². The minimum Gasteiger partial charge on any atom is -0.468 e. The molecular weight excluding hydrogens is 232 g/mol. The molecule has 1 atom stereocenters. The number of ether oxygens (including phenoxy) is 1. The van der Waals surface area contributed by atoms with Gasteiger partial charge in [0.25, 0.3) is 0 Å². The number of sulfonamides is 1. The van der Waals surface area contributed by atoms with Crippen LogP contribution in [0.2, 0.25) is 0 Å². The molecule has 0 aromatic rings. The van der Waals surface area contributed by atoms with Crippen LogP contribution in [0.1, 0.15) is 19.3 Å². The van der Waals surface area contributed by atoms with Gasteiger partial charge in [-0.25, -0.2) is 13.1 Å². The molecule has 6 nitrogen and oxygen atoms in total. The molecule has 0 aliphatic carbocycles. The van der Waals surface area contributed by atoms with Crippen LogP contribution in [0.25, 0.3) is 0 Å². The molecule has 1 fully saturated rings. The molecule has 1 saturated heterocycles. The lowest BCUT2D eigenvalue weighted by molar-refractivity contribution is -0.137. The zero-order chi connectivity index (χ0) is 12.0. The summed E-state index contributed by atoms with van der Waals surface area (Å²) in [6.07, 6.45) is 2.97. The van der Waals surface area contributed by atoms with E-state index < -0.39 is 21.7 Å². The zero-order valence-electron chi connectivity index (χ0n) is 9.36. The summed E-state index contributed by atoms with van der Waals surface area (Å²) in [6, 6.07) is 0.390. The smallest absolute Gasteiger partial charge is 0.322 e. The lowest BCUT2D eigenvalue weighted by atomic mass is 10.2. The van der Waals surface area contributed by atoms with E-state index in [2.05, 4.69) is 14.8 Å². The Morgan fingerprint density at radius 1 is 1.56 bits per heavy atom. The van der Waals surface area contributed by atoms with Crippen molar-refractivity contribution in [3.8, 4) is 0 Å². The number of nitrogens with one attached hydrogen (secondary N) is 2. The van der Waals surface area contributed by atoms with Crippen LogP contribution in [-0.2, 0) is 19.6 Å². The number of rotatable bonds is 6. The first-order valence-corrected chi connectivity index (χ1v) is 6.96. The van der Waals surface area contributed by atoms with Gasteiger partial charge >= 0.3 is 5.97 Å². The first-order valence-electron chi connectivity index (χ1n) is 5.31. The van der Waals surface area contributed by atoms with Crippen molar-refractivity contribution in [2.75, 3.05) is 26.0 Å². The predicted molar refractivity (Wildman–Crippen MR) is 59.4 cm³/mol. The lowest BCUT2D eigenvalue weighted by Crippen LogP contribution is -2.34. The fourth-order valence-electron chi connectivity index (χ4n) is 1.66. The van der Waals surface area contributed by atoms with Crippen LogP contribution in [0.5, 0.6) is 0 Å². The molecule has 0 aromatic heterocycles. The second-order valence-corrected chi connectivity index (χ2v) is 5.62. The number of hydrogen-bond donors (Lipinski definition) is 2. The molecule has 0 amide bonds. The molecule has 1 aliphatic rings. The van der Waals surface area contributed by atoms with Crippen LogP contribution in [0, 0.1) is 0 Å². The van der Waals surface area contributed by atoms with Gasteiger partial charge in [-0.05, 0) is 25.8 Å². The molecule has 0 saturated carbocycles. The normalized spacial score (nSPS) is 20.9. The van der Waals surface area contributed by atoms with Gasteiger partial charge in [-0.3, -0.25) is 4.79 Å². The van der Waals surface area contributed by atoms with Gasteiger partial charge in [0.1, 0.15) is 0 Å². The summed E-state index contributed by atoms with van der Waals surface area (Å²) >= 11 is 0. The summed E-state index contributed by atoms with van der Waals surface area (Å²) in [5.41, 5.74) is 0. The third-order valence-electron chi connectivity index (χ3n) is 2.51. The predicted octanol–water partition coefficient (Wildman–Crippen LogP) is -0.779. The van der Waals surface area contributed by atoms with Crippen molar-refractivity contribution in [1.82, 2.24) is 10.0 Å². The highest BCUT2D eigenvalue weighted by molar-refractivity contribution is 7.90. The van der Waals surface area contributed by atoms with Crippen LogP contribution in [0.3, 0.4) is 0 Å². The molecule has 16 heavy (non-hydrogen) atoms. The molecule has 1 aliphatic heterocycles. The summed E-state index contributed by atoms with van der Waals surface area (Å²) in [7, 11) is -2.37. The second kappa shape index (κ2) is 6.17. The van der Waals surface area contributed by atoms with Crippen LogP contribution >= 0.6 is 0 Å². The number of hydrogen-bond acceptors (Lipinski definition) is 5. The third-order valence-corrected chi connectivity index (χ3v) is 3.77. The maximum absolute atomic E-state index is 11.3. The van der Waals surface area contributed by atoms with Gasteiger partial charge in [0.15, 0.2) is 5.75 Å². The zero-order valence-corrected chi connectivity index (χ0v) is 10.2. The monoisotopic (exact) mass is 250 g/mol. The molecule has 7 heteroatoms. The van der Waals surface area contributed by atoms with Gasteiger partial charge in [-0.15, -0.1) is 0 Å². The van der Waals surface area contributed by atoms with Crippen LogP contribution < -0.4 is 10.0 Å². The minimum atomic E-state index is -3.54. The maximum Gasteiger partial charge on any atom is 0.322 e. The second-order valence-electron chi connectivity index (χ2n) is 3.81. The molecule has 0 spiro atoms. The Balaban J connectivity index is 2.22. The highest BCUT2D eigenvalue weighted by atomic mass is 32.2. The fourth-order valence-corrected chi connectivity index (χ4v) is 2.62. The SMILES string of the molecule is COC(=O)CS(=O)(=O)NCCC1CCCN1. The van der Waals surface area contributed by atoms with E-state index in [1.807, 2.05) is 0 Å². The van der Waals surface area contributed by atoms with Gasteiger partial charge in [0.2, 0.25) is 10.0 Å². The molecule has 1 unspecified atom stereocenters. The van der Waals surface area contributed by atoms with E-state index in [9.17, 15) is 13.2 Å². The van der Waals surface area contributed by atoms with Gasteiger partial charge < -0.3 is 10.1 Å². The molecule has 1 rings (SSSR count). The van der Waals surface area contributed by atoms with Crippen molar-refractivity contribution < 1.29 is 17.9 Å². The fraction of sp³-hybridized carbons (Fsp3) is 0.889. The lowest BCUT2D eigenvalue weighted by Gasteiger charge is -2.10. The van der Waals surface area contributed by atoms with E-state index in [-0.39, 0.29) is 0 Å². The molecule has 0 radical (unpaired) electrons. The average molecular weight is 250 g/mol. The topological polar surface area (TPSA) is 84.5 Å². The molecule has 0 aromatic carbocycles. The highest BCUT2D eigenvalue weighted by Crippen LogP contribution is 2.07. The van der Waals surface area contributed by atoms with Gasteiger partial charge in [-0.2, -0.15) is 0 Å². The van der Waals surface area contributed by atoms with Crippen molar-refractivity contribution in [1.29, 1.82) is 0 Å². The largest absolute Gasteiger partial charge is 0.468 e. The van der Waals surface area contributed by atoms with Crippen LogP contribution in [0.15, 0.2) is 0 Å². The highest BCUT2D eigenvalue weighted by Gasteiger charge is 2.18. The molecule has 0 bridgehead atoms. The van der Waals surface area contributed by atoms with Crippen LogP contribution in [0.4, 0.5) is 0 Å². The Bertz CT molecular complexity index is 322. The first kappa shape index (κ1) is 13.4. The van der Waals surface area contributed by atoms with Crippen molar-refractivity contribution in [3.63, 3.8) is 0 Å². The Hall–Kier alpha value is -0.660. The van der Waals surface area contributed by atoms with Crippen molar-refractivity contribution in [2.24, 2.45) is 0 Å². The van der Waals surface area contributed by atoms with E-state index in [4.69, 9.17) is 0 Å². The van der Waals surface area contributed by atoms with Crippen molar-refractivity contribution >= 4 is 16.0 Å². The quantitative estimate of drug-likeness (QED) is 0.604. The number of carbonyl (C=O) groups excluding carboxylic acids is 1. The summed E-state index contributed by atoms with van der Waals surface area (Å²) in [4.78, 5) is 10.8. The Morgan fingerprint density at radius 3 is 2.88 bits per heavy atom. The molecule has 1 heterocycles. The van der Waals surface area contributed by atoms with E-state index >= 15 is 0 Å². The molecular formula is C9H18N2O4S. The van der Waals surface area contributed by atoms with Gasteiger partial charge in [0.05, 0.1) is 7.11 Å². The minimum absolute atomic E-state index is 0.358. The van der Waals surface area contributed by atoms with E-state index in [1.165, 1.54) is 7.11 Å². The molecule has 2 N–H and O–H groups in total. The summed E-state index contributed by atoms with van der Waals surface area (Å²) < 4.78 is 29.4. The van der Waals surface area contributed by atoms with Crippen molar-refractivity contribution in [3.05, 3.63) is 0 Å². The maximum atomic E-state index is 11.3. The number of esters is 1. The van der Waals surface area contributed by atoms with Gasteiger partial charge in [0, 0.05) is 12.6 Å². The summed E-state index contributed by atoms with van der Waals surface area (Å²) in [5.74, 6) is -1.35. The van der Waals surface area contributed by atoms with E-state index in [0.717, 1.165) is 25.8 Å². The first-order chi connectivity index (χ1) is 7.53. The number of carbonyl (C=O) groups is 1. The Kier molecular flexibility index (Phi) is 5.17. The van der Waals surface area contributed by atoms with Crippen molar-refractivity contribution in [2.45, 2.75) is 25.3 Å². The Morgan fingerprint density at radius 2 is 2.31 bits per heavy atom. The van der Waals surface area contributed by atoms with E-state index in [0.29, 0.717) is 12.6 Å². The summed E-state index contributed by atoms with van der Waals surface area (Å²) in [6.45, 7) is 1.36. The van der Waals surface area contributed by atoms with Crippen LogP contribution in [-0.4, -0.2) is 46.4 Å². The van der Waals surface area contributed by atoms with Gasteiger partial charge in [-0.1, -0.05) is 0 Å². The molecule has 94 valence electrons. The third kappa shape index (κ3) is 4.91.